The van der Waals surface area contributed by atoms with Crippen molar-refractivity contribution in [3.8, 4) is 11.3 Å². The number of alkyl halides is 3. The summed E-state index contributed by atoms with van der Waals surface area (Å²) in [7, 11) is 1.71. The molecule has 2 aromatic heterocycles. The number of halogens is 8. The van der Waals surface area contributed by atoms with Gasteiger partial charge in [-0.15, -0.1) is 0 Å². The van der Waals surface area contributed by atoms with Crippen LogP contribution < -0.4 is 16.8 Å². The summed E-state index contributed by atoms with van der Waals surface area (Å²) in [6.07, 6.45) is 3.42. The topological polar surface area (TPSA) is 161 Å². The smallest absolute Gasteiger partial charge is 0.345 e. The second kappa shape index (κ2) is 25.6. The lowest BCUT2D eigenvalue weighted by atomic mass is 10.0. The SMILES string of the molecule is CCN(C)C(=O)CNCc1ccc(F)c(F)c1.N[C@@H](CC(=O)N1CCn2cc(-c3ccccc3)nc2C1)CC1=CC=C(F)C(F)=CC1.N[C@@H](CC(=O)N1CCn2cc(C(F)(F)F)nc2C1)Cc1ccccc1F. The number of hydrogen-bond acceptors (Lipinski definition) is 8. The third kappa shape index (κ3) is 16.0. The highest BCUT2D eigenvalue weighted by molar-refractivity contribution is 5.78. The third-order valence-corrected chi connectivity index (χ3v) is 12.2. The van der Waals surface area contributed by atoms with Crippen molar-refractivity contribution in [1.29, 1.82) is 0 Å². The first-order valence-corrected chi connectivity index (χ1v) is 23.6. The summed E-state index contributed by atoms with van der Waals surface area (Å²) >= 11 is 0. The van der Waals surface area contributed by atoms with Crippen LogP contribution in [0.4, 0.5) is 35.1 Å². The Morgan fingerprint density at radius 1 is 0.726 bits per heavy atom. The molecule has 0 saturated heterocycles. The van der Waals surface area contributed by atoms with E-state index in [1.54, 1.807) is 41.1 Å². The molecular weight excluding hydrogens is 965 g/mol. The number of imidazole rings is 2. The minimum atomic E-state index is -4.51. The number of fused-ring (bicyclic) bond motifs is 2. The molecule has 2 aliphatic heterocycles. The molecule has 0 unspecified atom stereocenters. The standard InChI is InChI=1S/C23H24F2N4O.C17H18F4N4O.C12H16F2N2O/c24-19-8-6-16(7-9-20(19)25)12-18(26)13-23(30)29-11-10-28-14-21(27-22(28)15-29)17-4-2-1-3-5-17;18-13-4-2-1-3-11(13)7-12(22)8-16(26)25-6-5-24-9-14(17(19,20)21)23-15(24)10-25;1-3-16(2)12(17)8-15-7-9-4-5-10(13)11(14)6-9/h1-6,8-9,14,18H,7,10-13,15,26H2;1-4,9,12H,5-8,10,22H2;4-6,15H,3,7-8H2,1-2H3/t18-;12-;/m11./s1. The van der Waals surface area contributed by atoms with Crippen LogP contribution in [0.15, 0.2) is 121 Å². The van der Waals surface area contributed by atoms with Crippen LogP contribution in [0.2, 0.25) is 0 Å². The van der Waals surface area contributed by atoms with Crippen LogP contribution in [0.25, 0.3) is 11.3 Å². The number of hydrogen-bond donors (Lipinski definition) is 3. The molecule has 0 saturated carbocycles. The van der Waals surface area contributed by atoms with Gasteiger partial charge in [-0.3, -0.25) is 14.4 Å². The van der Waals surface area contributed by atoms with E-state index in [0.29, 0.717) is 56.7 Å². The first-order valence-electron chi connectivity index (χ1n) is 23.6. The average molecular weight is 1020 g/mol. The fourth-order valence-electron chi connectivity index (χ4n) is 8.03. The van der Waals surface area contributed by atoms with Gasteiger partial charge in [0.2, 0.25) is 17.7 Å². The minimum absolute atomic E-state index is 0.00132. The maximum Gasteiger partial charge on any atom is 0.434 e. The molecule has 73 heavy (non-hydrogen) atoms. The predicted octanol–water partition coefficient (Wildman–Crippen LogP) is 7.91. The fraction of sp³-hybridized carbons (Fsp3) is 0.365. The number of nitrogens with two attached hydrogens (primary N) is 2. The molecule has 0 fully saturated rings. The molecule has 0 spiro atoms. The molecule has 5 N–H and O–H groups in total. The summed E-state index contributed by atoms with van der Waals surface area (Å²) in [6, 6.07) is 18.8. The molecule has 3 aliphatic rings. The monoisotopic (exact) mass is 1020 g/mol. The molecule has 8 rings (SSSR count). The van der Waals surface area contributed by atoms with Crippen molar-refractivity contribution in [2.75, 3.05) is 33.2 Å². The van der Waals surface area contributed by atoms with E-state index in [1.165, 1.54) is 27.7 Å². The second-order valence-corrected chi connectivity index (χ2v) is 17.7. The number of carbonyl (C=O) groups is 3. The lowest BCUT2D eigenvalue weighted by Gasteiger charge is -2.28. The molecule has 3 aromatic carbocycles. The Morgan fingerprint density at radius 3 is 1.97 bits per heavy atom. The number of rotatable bonds is 14. The summed E-state index contributed by atoms with van der Waals surface area (Å²) in [4.78, 5) is 49.6. The fourth-order valence-corrected chi connectivity index (χ4v) is 8.03. The molecule has 390 valence electrons. The van der Waals surface area contributed by atoms with Crippen LogP contribution in [-0.2, 0) is 59.7 Å². The van der Waals surface area contributed by atoms with Gasteiger partial charge in [-0.2, -0.15) is 13.2 Å². The molecule has 1 aliphatic carbocycles. The van der Waals surface area contributed by atoms with Gasteiger partial charge in [0, 0.05) is 89.2 Å². The number of carbonyl (C=O) groups excluding carboxylic acids is 3. The molecule has 5 aromatic rings. The number of allylic oxidation sites excluding steroid dienone is 5. The molecule has 2 atom stereocenters. The Bertz CT molecular complexity index is 2790. The van der Waals surface area contributed by atoms with Gasteiger partial charge in [-0.25, -0.2) is 31.9 Å². The van der Waals surface area contributed by atoms with Gasteiger partial charge in [0.1, 0.15) is 17.5 Å². The second-order valence-electron chi connectivity index (χ2n) is 17.7. The number of aromatic nitrogens is 4. The Morgan fingerprint density at radius 2 is 1.34 bits per heavy atom. The lowest BCUT2D eigenvalue weighted by molar-refractivity contribution is -0.141. The number of nitrogens with one attached hydrogen (secondary N) is 1. The van der Waals surface area contributed by atoms with Gasteiger partial charge in [-0.1, -0.05) is 66.2 Å². The molecular formula is C52H58F8N10O3. The highest BCUT2D eigenvalue weighted by Crippen LogP contribution is 2.30. The van der Waals surface area contributed by atoms with E-state index < -0.39 is 47.2 Å². The zero-order chi connectivity index (χ0) is 52.8. The number of amides is 3. The summed E-state index contributed by atoms with van der Waals surface area (Å²) < 4.78 is 107. The van der Waals surface area contributed by atoms with Gasteiger partial charge in [-0.05, 0) is 67.7 Å². The van der Waals surface area contributed by atoms with Crippen LogP contribution in [0.1, 0.15) is 61.1 Å². The molecule has 21 heteroatoms. The number of benzene rings is 3. The Balaban J connectivity index is 0.000000186. The van der Waals surface area contributed by atoms with Gasteiger partial charge in [0.15, 0.2) is 29.0 Å². The Kier molecular flexibility index (Phi) is 19.4. The van der Waals surface area contributed by atoms with Crippen LogP contribution >= 0.6 is 0 Å². The highest BCUT2D eigenvalue weighted by atomic mass is 19.4. The van der Waals surface area contributed by atoms with Crippen molar-refractivity contribution >= 4 is 17.7 Å². The highest BCUT2D eigenvalue weighted by Gasteiger charge is 2.36. The van der Waals surface area contributed by atoms with E-state index in [2.05, 4.69) is 14.9 Å². The maximum absolute atomic E-state index is 13.7. The van der Waals surface area contributed by atoms with Gasteiger partial charge < -0.3 is 40.6 Å². The predicted molar refractivity (Wildman–Crippen MR) is 258 cm³/mol. The molecule has 0 radical (unpaired) electrons. The van der Waals surface area contributed by atoms with Crippen molar-refractivity contribution in [1.82, 2.24) is 39.1 Å². The minimum Gasteiger partial charge on any atom is -0.345 e. The molecule has 3 amide bonds. The van der Waals surface area contributed by atoms with Crippen LogP contribution in [0.5, 0.6) is 0 Å². The quantitative estimate of drug-likeness (QED) is 0.0947. The van der Waals surface area contributed by atoms with Crippen molar-refractivity contribution in [3.63, 3.8) is 0 Å². The number of likely N-dealkylation sites (N-methyl/N-ethyl adjacent to an activating group) is 1. The first kappa shape index (κ1) is 55.3. The third-order valence-electron chi connectivity index (χ3n) is 12.2. The van der Waals surface area contributed by atoms with Crippen molar-refractivity contribution in [3.05, 3.63) is 167 Å². The van der Waals surface area contributed by atoms with E-state index in [4.69, 9.17) is 16.5 Å². The zero-order valence-corrected chi connectivity index (χ0v) is 40.4. The van der Waals surface area contributed by atoms with E-state index in [9.17, 15) is 49.5 Å². The Labute approximate surface area is 417 Å². The first-order chi connectivity index (χ1) is 34.8. The van der Waals surface area contributed by atoms with Crippen LogP contribution in [-0.4, -0.2) is 96.8 Å². The Hall–Kier alpha value is -6.97. The van der Waals surface area contributed by atoms with E-state index in [1.807, 2.05) is 43.5 Å². The van der Waals surface area contributed by atoms with Gasteiger partial charge >= 0.3 is 6.18 Å². The normalized spacial score (nSPS) is 15.2. The number of nitrogens with zero attached hydrogens (tertiary/aromatic N) is 7. The van der Waals surface area contributed by atoms with Gasteiger partial charge in [0.05, 0.1) is 25.3 Å². The van der Waals surface area contributed by atoms with E-state index in [-0.39, 0.29) is 74.8 Å². The maximum atomic E-state index is 13.7. The van der Waals surface area contributed by atoms with Crippen molar-refractivity contribution in [2.45, 2.75) is 90.0 Å². The van der Waals surface area contributed by atoms with Crippen molar-refractivity contribution < 1.29 is 49.5 Å². The zero-order valence-electron chi connectivity index (χ0n) is 40.4. The van der Waals surface area contributed by atoms with E-state index >= 15 is 0 Å². The van der Waals surface area contributed by atoms with Gasteiger partial charge in [0.25, 0.3) is 0 Å². The summed E-state index contributed by atoms with van der Waals surface area (Å²) in [5.74, 6) is -3.15. The van der Waals surface area contributed by atoms with E-state index in [0.717, 1.165) is 47.1 Å². The summed E-state index contributed by atoms with van der Waals surface area (Å²) in [6.45, 7) is 5.31. The average Bonchev–Trinajstić information content (AvgIpc) is 3.98. The van der Waals surface area contributed by atoms with Crippen LogP contribution in [0, 0.1) is 17.5 Å². The molecule has 0 bridgehead atoms. The molecule has 13 nitrogen and oxygen atoms in total. The lowest BCUT2D eigenvalue weighted by Crippen LogP contribution is -2.41. The molecule has 4 heterocycles. The van der Waals surface area contributed by atoms with Crippen LogP contribution in [0.3, 0.4) is 0 Å². The summed E-state index contributed by atoms with van der Waals surface area (Å²) in [5.41, 5.74) is 15.0. The van der Waals surface area contributed by atoms with Crippen molar-refractivity contribution in [2.24, 2.45) is 11.5 Å². The summed E-state index contributed by atoms with van der Waals surface area (Å²) in [5, 5.41) is 2.88. The largest absolute Gasteiger partial charge is 0.434 e.